The van der Waals surface area contributed by atoms with Crippen LogP contribution < -0.4 is 5.32 Å². The minimum absolute atomic E-state index is 0.0231. The fourth-order valence-corrected chi connectivity index (χ4v) is 4.18. The van der Waals surface area contributed by atoms with Crippen LogP contribution >= 0.6 is 46.6 Å². The third-order valence-electron chi connectivity index (χ3n) is 4.83. The number of aliphatic hydroxyl groups is 2. The molecule has 0 spiro atoms. The van der Waals surface area contributed by atoms with Gasteiger partial charge in [-0.15, -0.1) is 0 Å². The molecule has 3 unspecified atom stereocenters. The van der Waals surface area contributed by atoms with Crippen molar-refractivity contribution in [2.75, 3.05) is 23.4 Å². The Bertz CT molecular complexity index is 894. The minimum atomic E-state index is -2.07. The van der Waals surface area contributed by atoms with Crippen LogP contribution in [0.2, 0.25) is 0 Å². The average molecular weight is 521 g/mol. The predicted octanol–water partition coefficient (Wildman–Crippen LogP) is 4.76. The van der Waals surface area contributed by atoms with Gasteiger partial charge in [-0.3, -0.25) is 4.79 Å². The smallest absolute Gasteiger partial charge is 0.276 e. The summed E-state index contributed by atoms with van der Waals surface area (Å²) in [5.74, 6) is 0.569. The highest BCUT2D eigenvalue weighted by molar-refractivity contribution is 7.99. The van der Waals surface area contributed by atoms with E-state index in [1.54, 1.807) is 30.0 Å². The molecule has 1 fully saturated rings. The first-order valence-electron chi connectivity index (χ1n) is 9.97. The number of ether oxygens (including phenoxy) is 2. The summed E-state index contributed by atoms with van der Waals surface area (Å²) in [4.78, 5) is 12.0. The third-order valence-corrected chi connectivity index (χ3v) is 6.42. The molecule has 0 saturated carbocycles. The summed E-state index contributed by atoms with van der Waals surface area (Å²) in [6.45, 7) is 0.0823. The lowest BCUT2D eigenvalue weighted by Crippen LogP contribution is -2.31. The van der Waals surface area contributed by atoms with E-state index in [4.69, 9.17) is 49.4 Å². The van der Waals surface area contributed by atoms with E-state index in [2.05, 4.69) is 5.32 Å². The van der Waals surface area contributed by atoms with Gasteiger partial charge in [0.15, 0.2) is 6.29 Å². The van der Waals surface area contributed by atoms with Crippen LogP contribution in [0.5, 0.6) is 0 Å². The second kappa shape index (κ2) is 11.9. The van der Waals surface area contributed by atoms with E-state index in [9.17, 15) is 9.90 Å². The van der Waals surface area contributed by atoms with Crippen molar-refractivity contribution >= 4 is 58.2 Å². The number of hydrogen-bond acceptors (Lipinski definition) is 6. The fourth-order valence-electron chi connectivity index (χ4n) is 3.27. The number of hydrogen-bond donors (Lipinski definition) is 3. The molecule has 1 aliphatic heterocycles. The van der Waals surface area contributed by atoms with Crippen LogP contribution in [0, 0.1) is 0 Å². The maximum absolute atomic E-state index is 12.0. The molecule has 1 saturated heterocycles. The molecule has 1 heterocycles. The molecule has 6 nitrogen and oxygen atoms in total. The summed E-state index contributed by atoms with van der Waals surface area (Å²) in [6.07, 6.45) is -0.347. The topological polar surface area (TPSA) is 88.0 Å². The number of benzene rings is 2. The maximum atomic E-state index is 12.0. The minimum Gasteiger partial charge on any atom is -0.396 e. The summed E-state index contributed by atoms with van der Waals surface area (Å²) in [5, 5.41) is 21.0. The van der Waals surface area contributed by atoms with Gasteiger partial charge in [0.25, 0.3) is 9.70 Å². The lowest BCUT2D eigenvalue weighted by Gasteiger charge is -2.36. The first kappa shape index (κ1) is 25.6. The molecule has 3 atom stereocenters. The summed E-state index contributed by atoms with van der Waals surface area (Å²) in [5.41, 5.74) is 2.96. The Balaban J connectivity index is 1.80. The molecule has 0 aromatic heterocycles. The van der Waals surface area contributed by atoms with Gasteiger partial charge >= 0.3 is 0 Å². The van der Waals surface area contributed by atoms with Gasteiger partial charge in [0.2, 0.25) is 0 Å². The fraction of sp³-hybridized carbons (Fsp3) is 0.409. The van der Waals surface area contributed by atoms with Crippen LogP contribution in [0.25, 0.3) is 0 Å². The van der Waals surface area contributed by atoms with Crippen LogP contribution in [0.4, 0.5) is 5.69 Å². The van der Waals surface area contributed by atoms with Gasteiger partial charge in [-0.25, -0.2) is 0 Å². The van der Waals surface area contributed by atoms with Gasteiger partial charge in [0.1, 0.15) is 0 Å². The standard InChI is InChI=1S/C22H24Cl3NO5S/c23-22(24,25)21(29)26-17-3-1-2-16(10-17)20-30-18(13-32-9-8-27)11-19(31-20)15-6-4-14(12-28)5-7-15/h1-7,10,18-20,27-28H,8-9,11-13H2,(H,26,29). The van der Waals surface area contributed by atoms with Gasteiger partial charge in [-0.1, -0.05) is 71.2 Å². The summed E-state index contributed by atoms with van der Waals surface area (Å²) >= 11 is 18.5. The molecule has 174 valence electrons. The first-order valence-corrected chi connectivity index (χ1v) is 12.3. The maximum Gasteiger partial charge on any atom is 0.276 e. The lowest BCUT2D eigenvalue weighted by atomic mass is 10.0. The number of halogens is 3. The molecule has 32 heavy (non-hydrogen) atoms. The van der Waals surface area contributed by atoms with Gasteiger partial charge in [-0.2, -0.15) is 11.8 Å². The quantitative estimate of drug-likeness (QED) is 0.344. The van der Waals surface area contributed by atoms with Crippen molar-refractivity contribution in [2.24, 2.45) is 0 Å². The zero-order valence-corrected chi connectivity index (χ0v) is 20.1. The van der Waals surface area contributed by atoms with Crippen molar-refractivity contribution in [1.82, 2.24) is 0 Å². The van der Waals surface area contributed by atoms with Gasteiger partial charge in [0, 0.05) is 29.2 Å². The second-order valence-electron chi connectivity index (χ2n) is 7.23. The largest absolute Gasteiger partial charge is 0.396 e. The van der Waals surface area contributed by atoms with Crippen molar-refractivity contribution in [1.29, 1.82) is 0 Å². The number of carbonyl (C=O) groups excluding carboxylic acids is 1. The van der Waals surface area contributed by atoms with Crippen molar-refractivity contribution in [3.05, 3.63) is 65.2 Å². The molecular formula is C22H24Cl3NO5S. The number of carbonyl (C=O) groups is 1. The summed E-state index contributed by atoms with van der Waals surface area (Å²) in [7, 11) is 0. The molecule has 2 aromatic carbocycles. The summed E-state index contributed by atoms with van der Waals surface area (Å²) in [6, 6.07) is 14.6. The van der Waals surface area contributed by atoms with Crippen molar-refractivity contribution in [3.63, 3.8) is 0 Å². The molecule has 3 rings (SSSR count). The van der Waals surface area contributed by atoms with Gasteiger partial charge in [0.05, 0.1) is 25.4 Å². The Morgan fingerprint density at radius 3 is 2.50 bits per heavy atom. The van der Waals surface area contributed by atoms with Crippen molar-refractivity contribution < 1.29 is 24.5 Å². The number of anilines is 1. The Morgan fingerprint density at radius 2 is 1.84 bits per heavy atom. The molecule has 0 aliphatic carbocycles. The molecule has 3 N–H and O–H groups in total. The number of amides is 1. The molecule has 0 radical (unpaired) electrons. The van der Waals surface area contributed by atoms with Crippen LogP contribution in [-0.4, -0.2) is 44.1 Å². The lowest BCUT2D eigenvalue weighted by molar-refractivity contribution is -0.245. The highest BCUT2D eigenvalue weighted by atomic mass is 35.6. The third kappa shape index (κ3) is 7.23. The molecular weight excluding hydrogens is 497 g/mol. The van der Waals surface area contributed by atoms with E-state index in [-0.39, 0.29) is 25.4 Å². The molecule has 1 amide bonds. The van der Waals surface area contributed by atoms with E-state index in [0.717, 1.165) is 11.1 Å². The van der Waals surface area contributed by atoms with Crippen LogP contribution in [-0.2, 0) is 20.9 Å². The zero-order valence-electron chi connectivity index (χ0n) is 17.0. The molecule has 10 heteroatoms. The summed E-state index contributed by atoms with van der Waals surface area (Å²) < 4.78 is 10.4. The molecule has 2 aromatic rings. The SMILES string of the molecule is O=C(Nc1cccc(C2OC(CSCCO)CC(c3ccc(CO)cc3)O2)c1)C(Cl)(Cl)Cl. The van der Waals surface area contributed by atoms with Crippen molar-refractivity contribution in [3.8, 4) is 0 Å². The van der Waals surface area contributed by atoms with E-state index in [1.807, 2.05) is 30.3 Å². The Kier molecular flexibility index (Phi) is 9.52. The Morgan fingerprint density at radius 1 is 1.09 bits per heavy atom. The number of alkyl halides is 3. The van der Waals surface area contributed by atoms with E-state index >= 15 is 0 Å². The average Bonchev–Trinajstić information content (AvgIpc) is 2.79. The highest BCUT2D eigenvalue weighted by Crippen LogP contribution is 2.39. The van der Waals surface area contributed by atoms with E-state index in [1.165, 1.54) is 0 Å². The highest BCUT2D eigenvalue weighted by Gasteiger charge is 2.33. The number of thioether (sulfide) groups is 1. The molecule has 1 aliphatic rings. The van der Waals surface area contributed by atoms with Crippen LogP contribution in [0.15, 0.2) is 48.5 Å². The Labute approximate surface area is 206 Å². The number of rotatable bonds is 8. The van der Waals surface area contributed by atoms with Gasteiger partial charge in [-0.05, 0) is 23.3 Å². The molecule has 0 bridgehead atoms. The van der Waals surface area contributed by atoms with Crippen molar-refractivity contribution in [2.45, 2.75) is 35.3 Å². The van der Waals surface area contributed by atoms with Crippen LogP contribution in [0.1, 0.15) is 35.5 Å². The van der Waals surface area contributed by atoms with E-state index < -0.39 is 16.0 Å². The van der Waals surface area contributed by atoms with Gasteiger partial charge < -0.3 is 25.0 Å². The number of aliphatic hydroxyl groups excluding tert-OH is 2. The number of nitrogens with one attached hydrogen (secondary N) is 1. The van der Waals surface area contributed by atoms with Crippen LogP contribution in [0.3, 0.4) is 0 Å². The predicted molar refractivity (Wildman–Crippen MR) is 128 cm³/mol. The monoisotopic (exact) mass is 519 g/mol. The first-order chi connectivity index (χ1) is 15.3. The normalized spacial score (nSPS) is 21.3. The second-order valence-corrected chi connectivity index (χ2v) is 10.7. The zero-order chi connectivity index (χ0) is 23.1. The Hall–Kier alpha value is -1.03. The van der Waals surface area contributed by atoms with E-state index in [0.29, 0.717) is 29.2 Å².